The summed E-state index contributed by atoms with van der Waals surface area (Å²) in [6.45, 7) is 7.57. The van der Waals surface area contributed by atoms with E-state index in [1.54, 1.807) is 12.0 Å². The normalized spacial score (nSPS) is 25.3. The molecule has 220 valence electrons. The first-order chi connectivity index (χ1) is 20.2. The van der Waals surface area contributed by atoms with Crippen molar-refractivity contribution in [2.75, 3.05) is 36.7 Å². The quantitative estimate of drug-likeness (QED) is 0.390. The second kappa shape index (κ2) is 10.7. The minimum absolute atomic E-state index is 0.0584. The van der Waals surface area contributed by atoms with Gasteiger partial charge in [0.2, 0.25) is 0 Å². The Bertz CT molecular complexity index is 1470. The Kier molecular flexibility index (Phi) is 7.23. The van der Waals surface area contributed by atoms with Gasteiger partial charge in [-0.2, -0.15) is 0 Å². The maximum Gasteiger partial charge on any atom is 0.414 e. The number of rotatable bonds is 8. The van der Waals surface area contributed by atoms with Crippen LogP contribution in [0.2, 0.25) is 0 Å². The van der Waals surface area contributed by atoms with Crippen LogP contribution >= 0.6 is 0 Å². The van der Waals surface area contributed by atoms with Gasteiger partial charge < -0.3 is 24.2 Å². The van der Waals surface area contributed by atoms with Crippen LogP contribution in [0.4, 0.5) is 16.2 Å². The average Bonchev–Trinajstić information content (AvgIpc) is 3.63. The summed E-state index contributed by atoms with van der Waals surface area (Å²) in [5.74, 6) is 0.301. The van der Waals surface area contributed by atoms with Crippen LogP contribution in [0.3, 0.4) is 0 Å². The van der Waals surface area contributed by atoms with E-state index in [4.69, 9.17) is 14.2 Å². The maximum absolute atomic E-state index is 14.8. The van der Waals surface area contributed by atoms with Crippen LogP contribution in [0, 0.1) is 11.8 Å². The van der Waals surface area contributed by atoms with Gasteiger partial charge in [0.05, 0.1) is 32.0 Å². The van der Waals surface area contributed by atoms with Crippen molar-refractivity contribution in [1.82, 2.24) is 0 Å². The Morgan fingerprint density at radius 1 is 1.05 bits per heavy atom. The molecule has 3 aromatic rings. The van der Waals surface area contributed by atoms with E-state index in [0.29, 0.717) is 31.8 Å². The summed E-state index contributed by atoms with van der Waals surface area (Å²) in [6.07, 6.45) is -0.377. The third-order valence-electron chi connectivity index (χ3n) is 9.49. The van der Waals surface area contributed by atoms with Crippen LogP contribution in [-0.4, -0.2) is 50.1 Å². The fourth-order valence-corrected chi connectivity index (χ4v) is 7.42. The number of fused-ring (bicyclic) bond motifs is 2. The molecule has 0 bridgehead atoms. The summed E-state index contributed by atoms with van der Waals surface area (Å²) >= 11 is 0. The van der Waals surface area contributed by atoms with Crippen LogP contribution in [0.5, 0.6) is 5.75 Å². The molecule has 42 heavy (non-hydrogen) atoms. The number of nitrogens with zero attached hydrogens (tertiary/aromatic N) is 2. The van der Waals surface area contributed by atoms with Crippen LogP contribution < -0.4 is 14.5 Å². The topological polar surface area (TPSA) is 88.5 Å². The highest BCUT2D eigenvalue weighted by Gasteiger charge is 2.66. The lowest BCUT2D eigenvalue weighted by atomic mass is 9.63. The number of hydrogen-bond donors (Lipinski definition) is 1. The first kappa shape index (κ1) is 28.2. The molecular formula is C34H38N2O6. The second-order valence-corrected chi connectivity index (χ2v) is 12.0. The Morgan fingerprint density at radius 2 is 1.79 bits per heavy atom. The molecule has 1 spiro atoms. The minimum Gasteiger partial charge on any atom is -0.497 e. The highest BCUT2D eigenvalue weighted by atomic mass is 16.6. The molecule has 3 aromatic carbocycles. The second-order valence-electron chi connectivity index (χ2n) is 12.0. The van der Waals surface area contributed by atoms with E-state index in [2.05, 4.69) is 32.9 Å². The standard InChI is InChI=1S/C34H38N2O6/c1-22-30(33(2,3)24-10-13-26(40-4)14-11-24)29(16-18-37)42-34(22)27-20-25(35-17-19-41-32(35)39)12-15-28(27)36(31(34)38)21-23-8-6-5-7-9-23/h5-15,20,22,29-30,37H,16-19,21H2,1-4H3/t22-,29+,30-,34+/m0/s1. The Balaban J connectivity index is 1.48. The third kappa shape index (κ3) is 4.36. The smallest absolute Gasteiger partial charge is 0.414 e. The molecular weight excluding hydrogens is 532 g/mol. The van der Waals surface area contributed by atoms with Crippen LogP contribution in [0.15, 0.2) is 72.8 Å². The minimum atomic E-state index is -1.28. The molecule has 4 atom stereocenters. The Labute approximate surface area is 246 Å². The van der Waals surface area contributed by atoms with Gasteiger partial charge in [-0.05, 0) is 53.3 Å². The fraction of sp³-hybridized carbons (Fsp3) is 0.412. The van der Waals surface area contributed by atoms with Gasteiger partial charge in [0, 0.05) is 29.7 Å². The molecule has 8 nitrogen and oxygen atoms in total. The van der Waals surface area contributed by atoms with E-state index >= 15 is 0 Å². The summed E-state index contributed by atoms with van der Waals surface area (Å²) in [6, 6.07) is 23.7. The van der Waals surface area contributed by atoms with E-state index in [9.17, 15) is 14.7 Å². The highest BCUT2D eigenvalue weighted by molar-refractivity contribution is 6.08. The summed E-state index contributed by atoms with van der Waals surface area (Å²) in [5.41, 5.74) is 2.63. The SMILES string of the molecule is COc1ccc(C(C)(C)[C@@H]2[C@@H](CCO)O[C@]3(C(=O)N(Cc4ccccc4)c4ccc(N5CCOC5=O)cc43)[C@H]2C)cc1. The van der Waals surface area contributed by atoms with Gasteiger partial charge in [0.1, 0.15) is 12.4 Å². The van der Waals surface area contributed by atoms with Crippen LogP contribution in [0.1, 0.15) is 43.9 Å². The monoisotopic (exact) mass is 570 g/mol. The number of aliphatic hydroxyl groups is 1. The predicted octanol–water partition coefficient (Wildman–Crippen LogP) is 5.41. The number of methoxy groups -OCH3 is 1. The number of cyclic esters (lactones) is 1. The Morgan fingerprint density at radius 3 is 2.43 bits per heavy atom. The van der Waals surface area contributed by atoms with E-state index in [-0.39, 0.29) is 30.5 Å². The van der Waals surface area contributed by atoms with Crippen LogP contribution in [-0.2, 0) is 31.8 Å². The number of carbonyl (C=O) groups excluding carboxylic acids is 2. The lowest BCUT2D eigenvalue weighted by Gasteiger charge is -2.38. The van der Waals surface area contributed by atoms with Crippen molar-refractivity contribution in [1.29, 1.82) is 0 Å². The van der Waals surface area contributed by atoms with Crippen LogP contribution in [0.25, 0.3) is 0 Å². The molecule has 3 aliphatic rings. The molecule has 2 amide bonds. The van der Waals surface area contributed by atoms with Crippen molar-refractivity contribution in [2.45, 2.75) is 50.9 Å². The van der Waals surface area contributed by atoms with Gasteiger partial charge in [-0.3, -0.25) is 9.69 Å². The zero-order chi connectivity index (χ0) is 29.6. The van der Waals surface area contributed by atoms with Crippen molar-refractivity contribution in [2.24, 2.45) is 11.8 Å². The molecule has 3 heterocycles. The number of anilines is 2. The zero-order valence-corrected chi connectivity index (χ0v) is 24.6. The number of carbonyl (C=O) groups is 2. The van der Waals surface area contributed by atoms with Gasteiger partial charge in [0.15, 0.2) is 5.60 Å². The molecule has 0 aromatic heterocycles. The molecule has 6 rings (SSSR count). The number of aliphatic hydroxyl groups excluding tert-OH is 1. The number of benzene rings is 3. The first-order valence-electron chi connectivity index (χ1n) is 14.6. The maximum atomic E-state index is 14.8. The Hall–Kier alpha value is -3.88. The summed E-state index contributed by atoms with van der Waals surface area (Å²) < 4.78 is 17.6. The first-order valence-corrected chi connectivity index (χ1v) is 14.6. The van der Waals surface area contributed by atoms with Gasteiger partial charge in [-0.1, -0.05) is 63.2 Å². The van der Waals surface area contributed by atoms with Crippen molar-refractivity contribution >= 4 is 23.4 Å². The van der Waals surface area contributed by atoms with Gasteiger partial charge in [0.25, 0.3) is 5.91 Å². The predicted molar refractivity (Wildman–Crippen MR) is 160 cm³/mol. The number of amides is 2. The molecule has 8 heteroatoms. The van der Waals surface area contributed by atoms with Crippen molar-refractivity contribution in [3.05, 3.63) is 89.5 Å². The zero-order valence-electron chi connectivity index (χ0n) is 24.6. The van der Waals surface area contributed by atoms with Crippen molar-refractivity contribution < 1.29 is 28.9 Å². The molecule has 2 fully saturated rings. The molecule has 0 saturated carbocycles. The van der Waals surface area contributed by atoms with E-state index in [1.165, 1.54) is 0 Å². The van der Waals surface area contributed by atoms with Crippen molar-refractivity contribution in [3.63, 3.8) is 0 Å². The lowest BCUT2D eigenvalue weighted by molar-refractivity contribution is -0.146. The number of hydrogen-bond acceptors (Lipinski definition) is 6. The van der Waals surface area contributed by atoms with E-state index in [0.717, 1.165) is 28.1 Å². The van der Waals surface area contributed by atoms with E-state index in [1.807, 2.05) is 65.6 Å². The summed E-state index contributed by atoms with van der Waals surface area (Å²) in [5, 5.41) is 10.1. The average molecular weight is 571 g/mol. The van der Waals surface area contributed by atoms with E-state index < -0.39 is 17.1 Å². The van der Waals surface area contributed by atoms with Gasteiger partial charge in [-0.15, -0.1) is 0 Å². The molecule has 0 unspecified atom stereocenters. The summed E-state index contributed by atoms with van der Waals surface area (Å²) in [7, 11) is 1.65. The summed E-state index contributed by atoms with van der Waals surface area (Å²) in [4.78, 5) is 30.7. The van der Waals surface area contributed by atoms with Crippen molar-refractivity contribution in [3.8, 4) is 5.75 Å². The molecule has 3 aliphatic heterocycles. The molecule has 2 saturated heterocycles. The fourth-order valence-electron chi connectivity index (χ4n) is 7.42. The largest absolute Gasteiger partial charge is 0.497 e. The van der Waals surface area contributed by atoms with Gasteiger partial charge >= 0.3 is 6.09 Å². The lowest BCUT2D eigenvalue weighted by Crippen LogP contribution is -2.45. The number of ether oxygens (including phenoxy) is 3. The molecule has 0 aliphatic carbocycles. The molecule has 0 radical (unpaired) electrons. The highest BCUT2D eigenvalue weighted by Crippen LogP contribution is 2.60. The van der Waals surface area contributed by atoms with Gasteiger partial charge in [-0.25, -0.2) is 4.79 Å². The third-order valence-corrected chi connectivity index (χ3v) is 9.49. The molecule has 1 N–H and O–H groups in total.